The van der Waals surface area contributed by atoms with Crippen molar-refractivity contribution in [2.75, 3.05) is 39.9 Å². The van der Waals surface area contributed by atoms with Crippen LogP contribution >= 0.6 is 0 Å². The molecule has 100 valence electrons. The first-order valence-corrected chi connectivity index (χ1v) is 7.30. The zero-order valence-electron chi connectivity index (χ0n) is 11.5. The molecule has 0 bridgehead atoms. The van der Waals surface area contributed by atoms with Crippen molar-refractivity contribution in [1.29, 1.82) is 0 Å². The Morgan fingerprint density at radius 3 is 2.65 bits per heavy atom. The molecule has 0 aromatic heterocycles. The minimum Gasteiger partial charge on any atom is -0.380 e. The maximum absolute atomic E-state index is 5.71. The van der Waals surface area contributed by atoms with Crippen molar-refractivity contribution in [2.45, 2.75) is 38.6 Å². The van der Waals surface area contributed by atoms with Crippen molar-refractivity contribution in [3.8, 4) is 0 Å². The zero-order chi connectivity index (χ0) is 12.1. The van der Waals surface area contributed by atoms with E-state index >= 15 is 0 Å². The molecule has 2 atom stereocenters. The van der Waals surface area contributed by atoms with Gasteiger partial charge in [0.25, 0.3) is 0 Å². The fraction of sp³-hybridized carbons (Fsp3) is 1.00. The van der Waals surface area contributed by atoms with Gasteiger partial charge in [0.15, 0.2) is 0 Å². The molecule has 2 rings (SSSR count). The number of hydrogen-bond acceptors (Lipinski definition) is 3. The molecule has 0 saturated heterocycles. The van der Waals surface area contributed by atoms with E-state index in [1.165, 1.54) is 32.2 Å². The molecule has 1 N–H and O–H groups in total. The lowest BCUT2D eigenvalue weighted by Crippen LogP contribution is -2.49. The van der Waals surface area contributed by atoms with E-state index in [-0.39, 0.29) is 0 Å². The van der Waals surface area contributed by atoms with Crippen molar-refractivity contribution >= 4 is 0 Å². The van der Waals surface area contributed by atoms with Crippen LogP contribution in [0.25, 0.3) is 0 Å². The highest BCUT2D eigenvalue weighted by atomic mass is 16.5. The topological polar surface area (TPSA) is 24.5 Å². The second kappa shape index (κ2) is 6.72. The molecule has 2 aliphatic carbocycles. The Bertz CT molecular complexity index is 218. The van der Waals surface area contributed by atoms with E-state index in [1.807, 2.05) is 0 Å². The van der Waals surface area contributed by atoms with Gasteiger partial charge in [-0.15, -0.1) is 0 Å². The first kappa shape index (κ1) is 13.3. The summed E-state index contributed by atoms with van der Waals surface area (Å²) in [6, 6.07) is 0.790. The van der Waals surface area contributed by atoms with Gasteiger partial charge in [-0.3, -0.25) is 0 Å². The molecule has 2 unspecified atom stereocenters. The summed E-state index contributed by atoms with van der Waals surface area (Å²) < 4.78 is 5.71. The number of ether oxygens (including phenoxy) is 1. The molecule has 0 aliphatic heterocycles. The molecule has 2 fully saturated rings. The van der Waals surface area contributed by atoms with Crippen LogP contribution in [-0.4, -0.2) is 50.8 Å². The van der Waals surface area contributed by atoms with E-state index in [0.29, 0.717) is 0 Å². The third kappa shape index (κ3) is 4.23. The predicted molar refractivity (Wildman–Crippen MR) is 71.2 cm³/mol. The maximum Gasteiger partial charge on any atom is 0.0593 e. The summed E-state index contributed by atoms with van der Waals surface area (Å²) in [5, 5.41) is 3.47. The summed E-state index contributed by atoms with van der Waals surface area (Å²) >= 11 is 0. The second-order valence-electron chi connectivity index (χ2n) is 5.71. The lowest BCUT2D eigenvalue weighted by molar-refractivity contribution is 0.0444. The summed E-state index contributed by atoms with van der Waals surface area (Å²) in [7, 11) is 2.25. The first-order valence-electron chi connectivity index (χ1n) is 7.30. The van der Waals surface area contributed by atoms with Crippen molar-refractivity contribution in [3.05, 3.63) is 0 Å². The highest BCUT2D eigenvalue weighted by Gasteiger charge is 2.33. The molecule has 0 spiro atoms. The van der Waals surface area contributed by atoms with Gasteiger partial charge in [-0.25, -0.2) is 0 Å². The Labute approximate surface area is 106 Å². The molecule has 17 heavy (non-hydrogen) atoms. The largest absolute Gasteiger partial charge is 0.380 e. The average Bonchev–Trinajstić information content (AvgIpc) is 3.07. The lowest BCUT2D eigenvalue weighted by Gasteiger charge is -2.43. The Balaban J connectivity index is 1.53. The predicted octanol–water partition coefficient (Wildman–Crippen LogP) is 1.73. The lowest BCUT2D eigenvalue weighted by atomic mass is 9.78. The van der Waals surface area contributed by atoms with E-state index in [1.54, 1.807) is 0 Å². The Morgan fingerprint density at radius 1 is 1.24 bits per heavy atom. The van der Waals surface area contributed by atoms with Crippen LogP contribution in [0.4, 0.5) is 0 Å². The first-order chi connectivity index (χ1) is 8.31. The second-order valence-corrected chi connectivity index (χ2v) is 5.71. The molecule has 0 heterocycles. The summed E-state index contributed by atoms with van der Waals surface area (Å²) in [6.45, 7) is 7.48. The minimum atomic E-state index is 0.790. The van der Waals surface area contributed by atoms with E-state index < -0.39 is 0 Å². The van der Waals surface area contributed by atoms with Crippen LogP contribution in [0, 0.1) is 11.8 Å². The summed E-state index contributed by atoms with van der Waals surface area (Å²) in [5.74, 6) is 1.76. The molecule has 0 aromatic carbocycles. The van der Waals surface area contributed by atoms with Crippen molar-refractivity contribution in [1.82, 2.24) is 10.2 Å². The SMILES string of the molecule is CCNCC1CCC1N(C)CCOCC1CC1. The third-order valence-corrected chi connectivity index (χ3v) is 4.24. The van der Waals surface area contributed by atoms with Gasteiger partial charge in [0, 0.05) is 19.2 Å². The van der Waals surface area contributed by atoms with Gasteiger partial charge in [-0.2, -0.15) is 0 Å². The van der Waals surface area contributed by atoms with Crippen molar-refractivity contribution in [2.24, 2.45) is 11.8 Å². The van der Waals surface area contributed by atoms with Crippen LogP contribution in [-0.2, 0) is 4.74 Å². The molecule has 2 saturated carbocycles. The van der Waals surface area contributed by atoms with E-state index in [9.17, 15) is 0 Å². The number of nitrogens with zero attached hydrogens (tertiary/aromatic N) is 1. The highest BCUT2D eigenvalue weighted by molar-refractivity contribution is 4.88. The molecular weight excluding hydrogens is 212 g/mol. The highest BCUT2D eigenvalue weighted by Crippen LogP contribution is 2.31. The molecule has 0 aromatic rings. The van der Waals surface area contributed by atoms with Crippen molar-refractivity contribution in [3.63, 3.8) is 0 Å². The van der Waals surface area contributed by atoms with Crippen LogP contribution in [0.5, 0.6) is 0 Å². The monoisotopic (exact) mass is 240 g/mol. The number of nitrogens with one attached hydrogen (secondary N) is 1. The molecule has 3 nitrogen and oxygen atoms in total. The van der Waals surface area contributed by atoms with Gasteiger partial charge in [-0.05, 0) is 57.7 Å². The van der Waals surface area contributed by atoms with Gasteiger partial charge in [-0.1, -0.05) is 6.92 Å². The minimum absolute atomic E-state index is 0.790. The van der Waals surface area contributed by atoms with Crippen LogP contribution in [0.2, 0.25) is 0 Å². The Kier molecular flexibility index (Phi) is 5.26. The van der Waals surface area contributed by atoms with E-state index in [0.717, 1.165) is 44.2 Å². The van der Waals surface area contributed by atoms with Crippen molar-refractivity contribution < 1.29 is 4.74 Å². The smallest absolute Gasteiger partial charge is 0.0593 e. The molecule has 0 amide bonds. The Hall–Kier alpha value is -0.120. The quantitative estimate of drug-likeness (QED) is 0.621. The standard InChI is InChI=1S/C14H28N2O/c1-3-15-10-13-6-7-14(13)16(2)8-9-17-11-12-4-5-12/h12-15H,3-11H2,1-2H3. The van der Waals surface area contributed by atoms with Crippen LogP contribution < -0.4 is 5.32 Å². The molecular formula is C14H28N2O. The van der Waals surface area contributed by atoms with Crippen LogP contribution in [0.3, 0.4) is 0 Å². The van der Waals surface area contributed by atoms with Crippen LogP contribution in [0.15, 0.2) is 0 Å². The number of likely N-dealkylation sites (N-methyl/N-ethyl adjacent to an activating group) is 1. The maximum atomic E-state index is 5.71. The van der Waals surface area contributed by atoms with Gasteiger partial charge in [0.1, 0.15) is 0 Å². The van der Waals surface area contributed by atoms with Gasteiger partial charge < -0.3 is 15.0 Å². The zero-order valence-corrected chi connectivity index (χ0v) is 11.5. The fourth-order valence-electron chi connectivity index (χ4n) is 2.61. The molecule has 0 radical (unpaired) electrons. The Morgan fingerprint density at radius 2 is 2.06 bits per heavy atom. The summed E-state index contributed by atoms with van der Waals surface area (Å²) in [4.78, 5) is 2.50. The average molecular weight is 240 g/mol. The van der Waals surface area contributed by atoms with E-state index in [2.05, 4.69) is 24.2 Å². The number of rotatable bonds is 9. The van der Waals surface area contributed by atoms with E-state index in [4.69, 9.17) is 4.74 Å². The molecule has 3 heteroatoms. The summed E-state index contributed by atoms with van der Waals surface area (Å²) in [5.41, 5.74) is 0. The van der Waals surface area contributed by atoms with Crippen LogP contribution in [0.1, 0.15) is 32.6 Å². The van der Waals surface area contributed by atoms with Gasteiger partial charge >= 0.3 is 0 Å². The fourth-order valence-corrected chi connectivity index (χ4v) is 2.61. The third-order valence-electron chi connectivity index (χ3n) is 4.24. The number of hydrogen-bond donors (Lipinski definition) is 1. The van der Waals surface area contributed by atoms with Gasteiger partial charge in [0.05, 0.1) is 6.61 Å². The summed E-state index contributed by atoms with van der Waals surface area (Å²) in [6.07, 6.45) is 5.55. The molecule has 2 aliphatic rings. The normalized spacial score (nSPS) is 28.4. The van der Waals surface area contributed by atoms with Gasteiger partial charge in [0.2, 0.25) is 0 Å².